The summed E-state index contributed by atoms with van der Waals surface area (Å²) in [6.45, 7) is 1.36. The zero-order valence-corrected chi connectivity index (χ0v) is 17.3. The Morgan fingerprint density at radius 2 is 1.81 bits per heavy atom. The number of benzene rings is 3. The zero-order valence-electron chi connectivity index (χ0n) is 17.3. The molecule has 3 aromatic carbocycles. The number of hydrogen-bond donors (Lipinski definition) is 0. The van der Waals surface area contributed by atoms with Gasteiger partial charge in [-0.2, -0.15) is 5.10 Å². The molecule has 2 atom stereocenters. The van der Waals surface area contributed by atoms with Crippen LogP contribution in [0.1, 0.15) is 42.3 Å². The lowest BCUT2D eigenvalue weighted by Gasteiger charge is -2.38. The number of rotatable bonds is 4. The summed E-state index contributed by atoms with van der Waals surface area (Å²) in [5.74, 6) is 1.30. The molecule has 2 heterocycles. The number of ether oxygens (including phenoxy) is 3. The molecule has 0 N–H and O–H groups in total. The lowest BCUT2D eigenvalue weighted by molar-refractivity contribution is -0.132. The minimum atomic E-state index is -0.429. The van der Waals surface area contributed by atoms with Gasteiger partial charge in [-0.05, 0) is 29.8 Å². The Hall–Kier alpha value is -3.80. The van der Waals surface area contributed by atoms with Gasteiger partial charge in [0.15, 0.2) is 11.5 Å². The summed E-state index contributed by atoms with van der Waals surface area (Å²) in [6, 6.07) is 23.8. The molecule has 6 nitrogen and oxygen atoms in total. The largest absolute Gasteiger partial charge is 0.493 e. The van der Waals surface area contributed by atoms with Crippen LogP contribution in [0.3, 0.4) is 0 Å². The molecule has 0 saturated heterocycles. The summed E-state index contributed by atoms with van der Waals surface area (Å²) in [5.41, 5.74) is 4.12. The predicted molar refractivity (Wildman–Crippen MR) is 116 cm³/mol. The molecule has 0 aliphatic carbocycles. The molecule has 0 spiro atoms. The number of fused-ring (bicyclic) bond motifs is 3. The van der Waals surface area contributed by atoms with Crippen molar-refractivity contribution in [2.75, 3.05) is 7.11 Å². The second-order valence-corrected chi connectivity index (χ2v) is 7.52. The summed E-state index contributed by atoms with van der Waals surface area (Å²) >= 11 is 0. The van der Waals surface area contributed by atoms with Gasteiger partial charge in [0.2, 0.25) is 6.23 Å². The molecule has 0 saturated carbocycles. The van der Waals surface area contributed by atoms with Crippen LogP contribution in [0, 0.1) is 0 Å². The Balaban J connectivity index is 1.57. The standard InChI is InChI=1S/C25H22N2O4/c1-16(28)30-23-13-12-18(14-24(23)29-2)25-27-21(19-10-6-7-11-22(19)31-25)15-20(26-27)17-8-4-3-5-9-17/h3-14,21,25H,15H2,1-2H3. The van der Waals surface area contributed by atoms with E-state index in [-0.39, 0.29) is 6.04 Å². The second-order valence-electron chi connectivity index (χ2n) is 7.52. The predicted octanol–water partition coefficient (Wildman–Crippen LogP) is 4.86. The van der Waals surface area contributed by atoms with Gasteiger partial charge in [-0.3, -0.25) is 4.79 Å². The summed E-state index contributed by atoms with van der Waals surface area (Å²) < 4.78 is 17.1. The molecule has 31 heavy (non-hydrogen) atoms. The van der Waals surface area contributed by atoms with Gasteiger partial charge in [-0.15, -0.1) is 0 Å². The first-order valence-electron chi connectivity index (χ1n) is 10.2. The van der Waals surface area contributed by atoms with E-state index >= 15 is 0 Å². The molecular formula is C25H22N2O4. The van der Waals surface area contributed by atoms with Gasteiger partial charge in [0.25, 0.3) is 0 Å². The van der Waals surface area contributed by atoms with Crippen molar-refractivity contribution in [3.05, 3.63) is 89.5 Å². The normalized spacial score (nSPS) is 19.0. The molecular weight excluding hydrogens is 392 g/mol. The van der Waals surface area contributed by atoms with Crippen molar-refractivity contribution in [3.8, 4) is 17.2 Å². The number of methoxy groups -OCH3 is 1. The third-order valence-electron chi connectivity index (χ3n) is 5.53. The van der Waals surface area contributed by atoms with Crippen LogP contribution in [-0.2, 0) is 4.79 Å². The van der Waals surface area contributed by atoms with Crippen molar-refractivity contribution in [2.24, 2.45) is 5.10 Å². The fourth-order valence-corrected chi connectivity index (χ4v) is 4.14. The van der Waals surface area contributed by atoms with Crippen molar-refractivity contribution in [1.29, 1.82) is 0 Å². The first-order chi connectivity index (χ1) is 15.1. The average molecular weight is 414 g/mol. The SMILES string of the molecule is COc1cc(C2Oc3ccccc3C3CC(c4ccccc4)=NN32)ccc1OC(C)=O. The lowest BCUT2D eigenvalue weighted by Crippen LogP contribution is -2.33. The Morgan fingerprint density at radius 3 is 2.58 bits per heavy atom. The summed E-state index contributed by atoms with van der Waals surface area (Å²) in [4.78, 5) is 11.4. The van der Waals surface area contributed by atoms with Crippen LogP contribution < -0.4 is 14.2 Å². The molecule has 0 bridgehead atoms. The molecule has 5 rings (SSSR count). The topological polar surface area (TPSA) is 60.4 Å². The summed E-state index contributed by atoms with van der Waals surface area (Å²) in [6.07, 6.45) is 0.366. The molecule has 2 aliphatic rings. The minimum absolute atomic E-state index is 0.0734. The van der Waals surface area contributed by atoms with Crippen LogP contribution in [0.2, 0.25) is 0 Å². The monoisotopic (exact) mass is 414 g/mol. The van der Waals surface area contributed by atoms with E-state index in [0.29, 0.717) is 11.5 Å². The fourth-order valence-electron chi connectivity index (χ4n) is 4.14. The Kier molecular flexibility index (Phi) is 4.82. The highest BCUT2D eigenvalue weighted by atomic mass is 16.6. The van der Waals surface area contributed by atoms with E-state index in [2.05, 4.69) is 18.2 Å². The maximum atomic E-state index is 11.4. The van der Waals surface area contributed by atoms with Gasteiger partial charge >= 0.3 is 5.97 Å². The Bertz CT molecular complexity index is 1160. The molecule has 3 aromatic rings. The van der Waals surface area contributed by atoms with Crippen LogP contribution in [0.4, 0.5) is 0 Å². The number of carbonyl (C=O) groups is 1. The van der Waals surface area contributed by atoms with Gasteiger partial charge in [0.05, 0.1) is 18.9 Å². The number of hydrazone groups is 1. The number of carbonyl (C=O) groups excluding carboxylic acids is 1. The zero-order chi connectivity index (χ0) is 21.4. The van der Waals surface area contributed by atoms with E-state index in [4.69, 9.17) is 19.3 Å². The third kappa shape index (κ3) is 3.50. The van der Waals surface area contributed by atoms with Crippen molar-refractivity contribution in [3.63, 3.8) is 0 Å². The van der Waals surface area contributed by atoms with Gasteiger partial charge in [-0.1, -0.05) is 48.5 Å². The molecule has 0 radical (unpaired) electrons. The summed E-state index contributed by atoms with van der Waals surface area (Å²) in [7, 11) is 1.55. The number of esters is 1. The van der Waals surface area contributed by atoms with Crippen LogP contribution in [0.5, 0.6) is 17.2 Å². The van der Waals surface area contributed by atoms with Crippen molar-refractivity contribution < 1.29 is 19.0 Å². The highest BCUT2D eigenvalue weighted by molar-refractivity contribution is 6.01. The van der Waals surface area contributed by atoms with E-state index in [1.165, 1.54) is 6.92 Å². The minimum Gasteiger partial charge on any atom is -0.493 e. The average Bonchev–Trinajstić information content (AvgIpc) is 3.25. The molecule has 2 unspecified atom stereocenters. The maximum absolute atomic E-state index is 11.4. The smallest absolute Gasteiger partial charge is 0.308 e. The van der Waals surface area contributed by atoms with E-state index < -0.39 is 12.2 Å². The van der Waals surface area contributed by atoms with Crippen molar-refractivity contribution >= 4 is 11.7 Å². The van der Waals surface area contributed by atoms with Gasteiger partial charge in [0, 0.05) is 24.5 Å². The van der Waals surface area contributed by atoms with Gasteiger partial charge in [-0.25, -0.2) is 5.01 Å². The number of hydrogen-bond acceptors (Lipinski definition) is 6. The lowest BCUT2D eigenvalue weighted by atomic mass is 9.96. The third-order valence-corrected chi connectivity index (χ3v) is 5.53. The van der Waals surface area contributed by atoms with Crippen LogP contribution in [0.25, 0.3) is 0 Å². The van der Waals surface area contributed by atoms with Gasteiger partial charge in [0.1, 0.15) is 5.75 Å². The highest BCUT2D eigenvalue weighted by Gasteiger charge is 2.41. The van der Waals surface area contributed by atoms with Crippen molar-refractivity contribution in [1.82, 2.24) is 5.01 Å². The van der Waals surface area contributed by atoms with E-state index in [0.717, 1.165) is 34.6 Å². The maximum Gasteiger partial charge on any atom is 0.308 e. The van der Waals surface area contributed by atoms with E-state index in [9.17, 15) is 4.79 Å². The second kappa shape index (κ2) is 7.80. The van der Waals surface area contributed by atoms with E-state index in [1.807, 2.05) is 53.5 Å². The molecule has 0 aromatic heterocycles. The quantitative estimate of drug-likeness (QED) is 0.451. The molecule has 6 heteroatoms. The Labute approximate surface area is 180 Å². The number of nitrogens with zero attached hydrogens (tertiary/aromatic N) is 2. The van der Waals surface area contributed by atoms with Crippen LogP contribution >= 0.6 is 0 Å². The number of para-hydroxylation sites is 1. The molecule has 2 aliphatic heterocycles. The van der Waals surface area contributed by atoms with Crippen LogP contribution in [0.15, 0.2) is 77.9 Å². The first-order valence-corrected chi connectivity index (χ1v) is 10.2. The molecule has 0 fully saturated rings. The highest BCUT2D eigenvalue weighted by Crippen LogP contribution is 2.48. The van der Waals surface area contributed by atoms with Crippen LogP contribution in [-0.4, -0.2) is 23.8 Å². The molecule has 156 valence electrons. The van der Waals surface area contributed by atoms with Crippen molar-refractivity contribution in [2.45, 2.75) is 25.6 Å². The summed E-state index contributed by atoms with van der Waals surface area (Å²) in [5, 5.41) is 6.98. The van der Waals surface area contributed by atoms with E-state index in [1.54, 1.807) is 13.2 Å². The molecule has 0 amide bonds. The first kappa shape index (κ1) is 19.2. The Morgan fingerprint density at radius 1 is 1.03 bits per heavy atom. The fraction of sp³-hybridized carbons (Fsp3) is 0.200. The van der Waals surface area contributed by atoms with Gasteiger partial charge < -0.3 is 14.2 Å².